The molecule has 0 fully saturated rings. The van der Waals surface area contributed by atoms with Gasteiger partial charge in [0.15, 0.2) is 5.76 Å². The number of halogens is 1. The third-order valence-electron chi connectivity index (χ3n) is 6.11. The van der Waals surface area contributed by atoms with Crippen LogP contribution in [0.5, 0.6) is 5.75 Å². The Labute approximate surface area is 224 Å². The number of nitrogens with zero attached hydrogens (tertiary/aromatic N) is 2. The molecule has 1 aliphatic rings. The molecule has 1 heterocycles. The van der Waals surface area contributed by atoms with Crippen LogP contribution in [0.2, 0.25) is 5.02 Å². The number of nitro benzene ring substituents is 1. The number of aryl methyl sites for hydroxylation is 1. The molecular formula is C27H27ClN4O6. The molecule has 0 unspecified atom stereocenters. The van der Waals surface area contributed by atoms with E-state index in [0.29, 0.717) is 47.7 Å². The highest BCUT2D eigenvalue weighted by atomic mass is 35.5. The highest BCUT2D eigenvalue weighted by Gasteiger charge is 2.28. The Morgan fingerprint density at radius 3 is 2.63 bits per heavy atom. The molecule has 2 amide bonds. The minimum Gasteiger partial charge on any atom is -0.494 e. The van der Waals surface area contributed by atoms with Crippen LogP contribution in [0.4, 0.5) is 11.4 Å². The number of benzene rings is 2. The number of unbranched alkanes of at least 4 members (excludes halogenated alkanes) is 1. The van der Waals surface area contributed by atoms with E-state index in [1.807, 2.05) is 0 Å². The number of carbonyl (C=O) groups is 2. The first-order chi connectivity index (χ1) is 18.3. The maximum absolute atomic E-state index is 13.0. The van der Waals surface area contributed by atoms with Crippen LogP contribution in [0, 0.1) is 17.0 Å². The third kappa shape index (κ3) is 6.03. The van der Waals surface area contributed by atoms with Gasteiger partial charge in [-0.3, -0.25) is 19.7 Å². The summed E-state index contributed by atoms with van der Waals surface area (Å²) in [6.07, 6.45) is 3.94. The van der Waals surface area contributed by atoms with Gasteiger partial charge < -0.3 is 14.5 Å². The first-order valence-corrected chi connectivity index (χ1v) is 12.6. The smallest absolute Gasteiger partial charge is 0.291 e. The summed E-state index contributed by atoms with van der Waals surface area (Å²) in [5.41, 5.74) is 4.60. The number of hydrazone groups is 1. The highest BCUT2D eigenvalue weighted by Crippen LogP contribution is 2.31. The van der Waals surface area contributed by atoms with Crippen molar-refractivity contribution in [2.45, 2.75) is 46.0 Å². The summed E-state index contributed by atoms with van der Waals surface area (Å²) in [5, 5.41) is 18.2. The van der Waals surface area contributed by atoms with Gasteiger partial charge in [-0.05, 0) is 62.6 Å². The van der Waals surface area contributed by atoms with Crippen LogP contribution in [0.15, 0.2) is 52.0 Å². The fraction of sp³-hybridized carbons (Fsp3) is 0.296. The van der Waals surface area contributed by atoms with Gasteiger partial charge in [0.1, 0.15) is 16.5 Å². The lowest BCUT2D eigenvalue weighted by atomic mass is 9.93. The molecule has 4 rings (SSSR count). The quantitative estimate of drug-likeness (QED) is 0.193. The number of rotatable bonds is 9. The van der Waals surface area contributed by atoms with Crippen LogP contribution in [-0.4, -0.2) is 29.1 Å². The van der Waals surface area contributed by atoms with Gasteiger partial charge in [0.05, 0.1) is 17.2 Å². The number of fused-ring (bicyclic) bond motifs is 1. The molecule has 0 spiro atoms. The van der Waals surface area contributed by atoms with Gasteiger partial charge in [0.25, 0.3) is 17.5 Å². The summed E-state index contributed by atoms with van der Waals surface area (Å²) in [7, 11) is 0. The summed E-state index contributed by atoms with van der Waals surface area (Å²) in [5.74, 6) is 0.512. The normalized spacial score (nSPS) is 13.6. The average Bonchev–Trinajstić information content (AvgIpc) is 3.25. The second-order valence-corrected chi connectivity index (χ2v) is 9.22. The zero-order chi connectivity index (χ0) is 27.2. The lowest BCUT2D eigenvalue weighted by Gasteiger charge is -2.13. The minimum absolute atomic E-state index is 0.0484. The fourth-order valence-corrected chi connectivity index (χ4v) is 4.32. The number of ether oxygens (including phenoxy) is 1. The molecule has 1 aliphatic carbocycles. The lowest BCUT2D eigenvalue weighted by Crippen LogP contribution is -2.22. The molecule has 0 radical (unpaired) electrons. The molecule has 10 nitrogen and oxygen atoms in total. The number of hydrogen-bond acceptors (Lipinski definition) is 7. The van der Waals surface area contributed by atoms with Gasteiger partial charge >= 0.3 is 0 Å². The molecule has 38 heavy (non-hydrogen) atoms. The van der Waals surface area contributed by atoms with Gasteiger partial charge in [-0.15, -0.1) is 0 Å². The van der Waals surface area contributed by atoms with Crippen LogP contribution in [0.25, 0.3) is 0 Å². The van der Waals surface area contributed by atoms with E-state index in [2.05, 4.69) is 22.8 Å². The molecule has 1 aromatic heterocycles. The van der Waals surface area contributed by atoms with Gasteiger partial charge in [-0.25, -0.2) is 5.43 Å². The van der Waals surface area contributed by atoms with Crippen molar-refractivity contribution in [3.8, 4) is 5.75 Å². The Morgan fingerprint density at radius 2 is 1.92 bits per heavy atom. The topological polar surface area (TPSA) is 136 Å². The van der Waals surface area contributed by atoms with Crippen molar-refractivity contribution in [2.75, 3.05) is 11.9 Å². The molecule has 3 aromatic rings. The highest BCUT2D eigenvalue weighted by molar-refractivity contribution is 6.32. The molecule has 11 heteroatoms. The molecule has 0 saturated heterocycles. The van der Waals surface area contributed by atoms with Gasteiger partial charge in [0, 0.05) is 34.9 Å². The first kappa shape index (κ1) is 26.9. The zero-order valence-corrected chi connectivity index (χ0v) is 21.8. The van der Waals surface area contributed by atoms with Crippen molar-refractivity contribution >= 4 is 40.5 Å². The Balaban J connectivity index is 1.48. The predicted octanol–water partition coefficient (Wildman–Crippen LogP) is 6.05. The molecule has 2 N–H and O–H groups in total. The van der Waals surface area contributed by atoms with E-state index >= 15 is 0 Å². The number of nitro groups is 1. The predicted molar refractivity (Wildman–Crippen MR) is 143 cm³/mol. The van der Waals surface area contributed by atoms with E-state index in [4.69, 9.17) is 20.8 Å². The Morgan fingerprint density at radius 1 is 1.16 bits per heavy atom. The Hall–Kier alpha value is -4.18. The summed E-state index contributed by atoms with van der Waals surface area (Å²) in [4.78, 5) is 36.1. The zero-order valence-electron chi connectivity index (χ0n) is 21.0. The van der Waals surface area contributed by atoms with Crippen LogP contribution in [0.3, 0.4) is 0 Å². The standard InChI is InChI=1S/C27H27ClN4O6/c1-3-4-14-37-19-11-9-18(10-12-19)29-27(34)25-16(2)24-21(6-5-7-23(24)38-25)30-31-26(33)17-8-13-20(28)22(15-17)32(35)36/h8-13,15H,3-7,14H2,1-2H3,(H,29,34)(H,31,33)/b30-21+. The second kappa shape index (κ2) is 11.9. The van der Waals surface area contributed by atoms with Crippen LogP contribution < -0.4 is 15.5 Å². The van der Waals surface area contributed by atoms with E-state index in [-0.39, 0.29) is 22.0 Å². The Kier molecular flexibility index (Phi) is 8.42. The minimum atomic E-state index is -0.657. The van der Waals surface area contributed by atoms with Crippen LogP contribution in [0.1, 0.15) is 70.4 Å². The number of hydrogen-bond donors (Lipinski definition) is 2. The van der Waals surface area contributed by atoms with Gasteiger partial charge in [-0.1, -0.05) is 24.9 Å². The second-order valence-electron chi connectivity index (χ2n) is 8.81. The first-order valence-electron chi connectivity index (χ1n) is 12.3. The van der Waals surface area contributed by atoms with Crippen molar-refractivity contribution in [1.82, 2.24) is 5.43 Å². The van der Waals surface area contributed by atoms with E-state index in [1.54, 1.807) is 31.2 Å². The summed E-state index contributed by atoms with van der Waals surface area (Å²) in [6.45, 7) is 4.51. The number of amides is 2. The van der Waals surface area contributed by atoms with E-state index in [1.165, 1.54) is 12.1 Å². The Bertz CT molecular complexity index is 1400. The molecule has 0 aliphatic heterocycles. The van der Waals surface area contributed by atoms with Crippen molar-refractivity contribution < 1.29 is 23.7 Å². The molecule has 0 bridgehead atoms. The average molecular weight is 539 g/mol. The largest absolute Gasteiger partial charge is 0.494 e. The SMILES string of the molecule is CCCCOc1ccc(NC(=O)c2oc3c(c2C)/C(=N/NC(=O)c2ccc(Cl)c([N+](=O)[O-])c2)CCC3)cc1. The number of anilines is 1. The third-order valence-corrected chi connectivity index (χ3v) is 6.43. The monoisotopic (exact) mass is 538 g/mol. The van der Waals surface area contributed by atoms with Crippen molar-refractivity contribution in [3.05, 3.63) is 85.8 Å². The van der Waals surface area contributed by atoms with Crippen molar-refractivity contribution in [3.63, 3.8) is 0 Å². The maximum Gasteiger partial charge on any atom is 0.291 e. The fourth-order valence-electron chi connectivity index (χ4n) is 4.13. The molecule has 0 atom stereocenters. The van der Waals surface area contributed by atoms with Gasteiger partial charge in [0.2, 0.25) is 0 Å². The molecule has 0 saturated carbocycles. The summed E-state index contributed by atoms with van der Waals surface area (Å²) in [6, 6.07) is 10.9. The molecular weight excluding hydrogens is 512 g/mol. The van der Waals surface area contributed by atoms with Crippen molar-refractivity contribution in [2.24, 2.45) is 5.10 Å². The number of nitrogens with one attached hydrogen (secondary N) is 2. The molecule has 2 aromatic carbocycles. The number of carbonyl (C=O) groups excluding carboxylic acids is 2. The van der Waals surface area contributed by atoms with E-state index < -0.39 is 16.7 Å². The van der Waals surface area contributed by atoms with E-state index in [0.717, 1.165) is 31.1 Å². The number of furan rings is 1. The summed E-state index contributed by atoms with van der Waals surface area (Å²) >= 11 is 5.83. The van der Waals surface area contributed by atoms with Crippen LogP contribution in [-0.2, 0) is 6.42 Å². The van der Waals surface area contributed by atoms with Gasteiger partial charge in [-0.2, -0.15) is 5.10 Å². The van der Waals surface area contributed by atoms with Crippen LogP contribution >= 0.6 is 11.6 Å². The molecule has 198 valence electrons. The van der Waals surface area contributed by atoms with E-state index in [9.17, 15) is 19.7 Å². The lowest BCUT2D eigenvalue weighted by molar-refractivity contribution is -0.384. The maximum atomic E-state index is 13.0. The van der Waals surface area contributed by atoms with Crippen molar-refractivity contribution in [1.29, 1.82) is 0 Å². The summed E-state index contributed by atoms with van der Waals surface area (Å²) < 4.78 is 11.6.